The zero-order chi connectivity index (χ0) is 59.0. The second kappa shape index (κ2) is 20.3. The third-order valence-corrected chi connectivity index (χ3v) is 28.9. The van der Waals surface area contributed by atoms with Crippen LogP contribution in [0.4, 0.5) is 0 Å². The Morgan fingerprint density at radius 2 is 1.57 bits per heavy atom. The van der Waals surface area contributed by atoms with E-state index >= 15 is 20.1 Å². The van der Waals surface area contributed by atoms with Crippen LogP contribution in [0.1, 0.15) is 167 Å². The van der Waals surface area contributed by atoms with Crippen molar-refractivity contribution in [2.45, 2.75) is 202 Å². The van der Waals surface area contributed by atoms with E-state index in [1.165, 1.54) is 47.9 Å². The number of hydrogen-bond donors (Lipinski definition) is 6. The lowest BCUT2D eigenvalue weighted by Gasteiger charge is -2.75. The van der Waals surface area contributed by atoms with Crippen LogP contribution < -0.4 is 5.32 Å². The molecule has 10 fully saturated rings. The zero-order valence-corrected chi connectivity index (χ0v) is 51.2. The van der Waals surface area contributed by atoms with Gasteiger partial charge in [0.2, 0.25) is 0 Å². The molecule has 460 valence electrons. The molecule has 16 aliphatic rings. The van der Waals surface area contributed by atoms with Crippen molar-refractivity contribution in [3.05, 3.63) is 129 Å². The number of nitrogens with one attached hydrogen (secondary N) is 1. The Balaban J connectivity index is 0.904. The molecule has 2 heterocycles. The van der Waals surface area contributed by atoms with Crippen molar-refractivity contribution in [3.63, 3.8) is 0 Å². The Bertz CT molecular complexity index is 3410. The first-order valence-corrected chi connectivity index (χ1v) is 34.8. The SMILES string of the molecule is CN[C@@H]1Cc2c(cccc2CO)C#C[C@@]23CC[C@H](Cc4cccc(c4)Cc4cccc(c4)CC[C@H]4C[C@H]5CCO[C@@H]6[C@H]7C[C@H]8C=CC[C@@H](C9CCCC9)[C@H]8C[C@@H]8[C@H](O)[C@]9(O)[C@H](CC[C@]%10(C2)[C@H]2C%11=CC(=O)O[C@@H]%11[C@H]1C[C@H]2C[C@@]%109O)[C@@](C=O)(C[C@]56C4)[C@@]78O)C3. The van der Waals surface area contributed by atoms with Crippen molar-refractivity contribution in [2.24, 2.45) is 98.6 Å². The van der Waals surface area contributed by atoms with E-state index < -0.39 is 74.3 Å². The van der Waals surface area contributed by atoms with Crippen molar-refractivity contribution < 1.29 is 44.6 Å². The maximum Gasteiger partial charge on any atom is 0.331 e. The highest BCUT2D eigenvalue weighted by molar-refractivity contribution is 5.86. The van der Waals surface area contributed by atoms with Crippen LogP contribution >= 0.6 is 0 Å². The molecule has 6 N–H and O–H groups in total. The molecular formula is C77H93NO9. The lowest BCUT2D eigenvalue weighted by atomic mass is 9.32. The minimum Gasteiger partial charge on any atom is -0.454 e. The number of rotatable bonds is 4. The normalized spacial score (nSPS) is 47.9. The number of benzene rings is 3. The molecule has 0 amide bonds. The molecule has 19 rings (SSSR count). The van der Waals surface area contributed by atoms with Crippen LogP contribution in [0.15, 0.2) is 90.5 Å². The summed E-state index contributed by atoms with van der Waals surface area (Å²) in [6.07, 6.45) is 23.9. The summed E-state index contributed by atoms with van der Waals surface area (Å²) >= 11 is 0. The molecule has 3 spiro atoms. The predicted molar refractivity (Wildman–Crippen MR) is 330 cm³/mol. The van der Waals surface area contributed by atoms with Gasteiger partial charge in [0, 0.05) is 64.2 Å². The van der Waals surface area contributed by atoms with Gasteiger partial charge in [0.1, 0.15) is 23.6 Å². The summed E-state index contributed by atoms with van der Waals surface area (Å²) in [6, 6.07) is 24.3. The molecule has 0 aromatic heterocycles. The minimum atomic E-state index is -2.24. The summed E-state index contributed by atoms with van der Waals surface area (Å²) < 4.78 is 14.0. The van der Waals surface area contributed by atoms with Gasteiger partial charge in [-0.15, -0.1) is 0 Å². The summed E-state index contributed by atoms with van der Waals surface area (Å²) in [5, 5.41) is 75.7. The maximum absolute atomic E-state index is 15.9. The van der Waals surface area contributed by atoms with E-state index in [0.29, 0.717) is 75.7 Å². The summed E-state index contributed by atoms with van der Waals surface area (Å²) in [7, 11) is 1.97. The average Bonchev–Trinajstić information content (AvgIpc) is 1.63. The van der Waals surface area contributed by atoms with E-state index in [2.05, 4.69) is 83.9 Å². The molecule has 9 saturated carbocycles. The number of hydrogen-bond acceptors (Lipinski definition) is 10. The van der Waals surface area contributed by atoms with Gasteiger partial charge in [-0.2, -0.15) is 0 Å². The first-order valence-electron chi connectivity index (χ1n) is 34.8. The topological polar surface area (TPSA) is 166 Å². The zero-order valence-electron chi connectivity index (χ0n) is 51.2. The largest absolute Gasteiger partial charge is 0.454 e. The van der Waals surface area contributed by atoms with Gasteiger partial charge >= 0.3 is 5.97 Å². The summed E-state index contributed by atoms with van der Waals surface area (Å²) in [4.78, 5) is 30.2. The predicted octanol–water partition coefficient (Wildman–Crippen LogP) is 10.5. The standard InChI is InChI=1S/C77H93NO9/c1-78-64-36-58-52(14-6-16-54(58)41-79)21-25-71-24-20-50(38-71)31-48-11-5-10-47(30-48)29-46-9-4-8-45(28-46)18-19-49-32-56-23-27-86-70-63-34-53-15-7-17-57(51-12-2-3-13-51)59(53)35-62-69(82)77(85)65(74(44-80,76(62,63)84)43-72(56,70)39-49)22-26-73(42-71)67-55(40-75(73,77)83)33-60(64)68-61(67)37-66(81)87-68/h4-11,14-16,28,30,37,44,49-51,53,55-57,59-60,62-65,67-70,78-79,82-85H,2-3,12-13,17-20,22-24,26-27,29,31-36,38-43H2,1H3/t49-,50+,53+,55-,56+,57-,59-,60-,62+,63+,64+,65+,67+,68+,69-,70+,71+,72+,73-,74-,75+,76-,77+/m0/s1. The third-order valence-electron chi connectivity index (χ3n) is 28.9. The third kappa shape index (κ3) is 7.84. The van der Waals surface area contributed by atoms with Crippen LogP contribution in [0.25, 0.3) is 0 Å². The van der Waals surface area contributed by atoms with E-state index in [1.54, 1.807) is 6.08 Å². The van der Waals surface area contributed by atoms with E-state index in [9.17, 15) is 15.0 Å². The number of ether oxygens (including phenoxy) is 2. The molecule has 87 heavy (non-hydrogen) atoms. The molecule has 0 radical (unpaired) electrons. The molecule has 14 aliphatic carbocycles. The van der Waals surface area contributed by atoms with Gasteiger partial charge in [-0.1, -0.05) is 110 Å². The number of carbonyl (C=O) groups is 2. The molecule has 2 aliphatic heterocycles. The van der Waals surface area contributed by atoms with Crippen molar-refractivity contribution in [2.75, 3.05) is 13.7 Å². The van der Waals surface area contributed by atoms with Crippen LogP contribution in [0.5, 0.6) is 0 Å². The maximum atomic E-state index is 15.9. The quantitative estimate of drug-likeness (QED) is 0.0641. The van der Waals surface area contributed by atoms with Gasteiger partial charge in [-0.3, -0.25) is 0 Å². The molecule has 10 heteroatoms. The average molecular weight is 1180 g/mol. The van der Waals surface area contributed by atoms with Crippen LogP contribution in [0, 0.1) is 110 Å². The fourth-order valence-electron chi connectivity index (χ4n) is 26.0. The Hall–Kier alpha value is -4.44. The molecule has 0 unspecified atom stereocenters. The van der Waals surface area contributed by atoms with E-state index in [0.717, 1.165) is 99.2 Å². The van der Waals surface area contributed by atoms with Crippen LogP contribution in [-0.2, 0) is 51.4 Å². The number of esters is 1. The summed E-state index contributed by atoms with van der Waals surface area (Å²) in [5.41, 5.74) is -0.893. The number of aliphatic hydroxyl groups excluding tert-OH is 2. The Kier molecular flexibility index (Phi) is 13.2. The first-order chi connectivity index (χ1) is 42.2. The monoisotopic (exact) mass is 1180 g/mol. The Morgan fingerprint density at radius 3 is 2.39 bits per heavy atom. The van der Waals surface area contributed by atoms with Gasteiger partial charge in [0.05, 0.1) is 29.8 Å². The van der Waals surface area contributed by atoms with E-state index in [-0.39, 0.29) is 66.7 Å². The van der Waals surface area contributed by atoms with Gasteiger partial charge in [0.25, 0.3) is 0 Å². The highest BCUT2D eigenvalue weighted by Gasteiger charge is 2.88. The molecule has 3 aromatic rings. The Labute approximate surface area is 515 Å². The van der Waals surface area contributed by atoms with Gasteiger partial charge in [0.15, 0.2) is 0 Å². The lowest BCUT2D eigenvalue weighted by Crippen LogP contribution is -2.87. The van der Waals surface area contributed by atoms with Crippen molar-refractivity contribution in [3.8, 4) is 11.8 Å². The molecule has 23 atom stereocenters. The molecule has 15 bridgehead atoms. The van der Waals surface area contributed by atoms with Gasteiger partial charge in [-0.05, 0) is 234 Å². The number of aldehydes is 1. The number of allylic oxidation sites excluding steroid dienone is 2. The molecule has 1 saturated heterocycles. The van der Waals surface area contributed by atoms with Crippen molar-refractivity contribution in [1.82, 2.24) is 5.32 Å². The molecule has 3 aromatic carbocycles. The van der Waals surface area contributed by atoms with Gasteiger partial charge in [-0.25, -0.2) is 4.79 Å². The number of aliphatic hydroxyl groups is 5. The fourth-order valence-corrected chi connectivity index (χ4v) is 26.0. The second-order valence-corrected chi connectivity index (χ2v) is 32.2. The summed E-state index contributed by atoms with van der Waals surface area (Å²) in [6.45, 7) is 0.469. The smallest absolute Gasteiger partial charge is 0.331 e. The number of aryl methyl sites for hydroxylation is 1. The van der Waals surface area contributed by atoms with Gasteiger partial charge < -0.3 is 45.1 Å². The van der Waals surface area contributed by atoms with Crippen LogP contribution in [0.2, 0.25) is 0 Å². The molecule has 10 nitrogen and oxygen atoms in total. The highest BCUT2D eigenvalue weighted by Crippen LogP contribution is 2.81. The fraction of sp³-hybridized carbons (Fsp3) is 0.662. The van der Waals surface area contributed by atoms with Crippen LogP contribution in [0.3, 0.4) is 0 Å². The highest BCUT2D eigenvalue weighted by atomic mass is 16.5. The number of carbonyl (C=O) groups excluding carboxylic acids is 2. The van der Waals surface area contributed by atoms with Crippen LogP contribution in [-0.4, -0.2) is 92.6 Å². The number of likely N-dealkylation sites (N-methyl/N-ethyl adjacent to an activating group) is 1. The summed E-state index contributed by atoms with van der Waals surface area (Å²) in [5.74, 6) is 6.32. The van der Waals surface area contributed by atoms with Crippen molar-refractivity contribution >= 4 is 12.3 Å². The lowest BCUT2D eigenvalue weighted by molar-refractivity contribution is -0.390. The minimum absolute atomic E-state index is 0.109. The van der Waals surface area contributed by atoms with E-state index in [4.69, 9.17) is 9.47 Å². The van der Waals surface area contributed by atoms with Crippen molar-refractivity contribution in [1.29, 1.82) is 0 Å². The molecular weight excluding hydrogens is 1080 g/mol. The number of fused-ring (bicyclic) bond motifs is 5. The second-order valence-electron chi connectivity index (χ2n) is 32.2. The van der Waals surface area contributed by atoms with E-state index in [1.807, 2.05) is 19.2 Å². The Morgan fingerprint density at radius 1 is 0.770 bits per heavy atom. The first kappa shape index (κ1) is 56.5.